The molecule has 0 aliphatic carbocycles. The van der Waals surface area contributed by atoms with Crippen LogP contribution < -0.4 is 51.3 Å². The number of anilines is 9. The molecule has 0 unspecified atom stereocenters. The van der Waals surface area contributed by atoms with Crippen LogP contribution in [0.3, 0.4) is 0 Å². The highest BCUT2D eigenvalue weighted by Crippen LogP contribution is 2.45. The minimum atomic E-state index is -4.45. The third kappa shape index (κ3) is 29.7. The van der Waals surface area contributed by atoms with Crippen LogP contribution in [0.5, 0.6) is 0 Å². The highest BCUT2D eigenvalue weighted by molar-refractivity contribution is 6.30. The lowest BCUT2D eigenvalue weighted by molar-refractivity contribution is -0.141. The molecule has 12 heterocycles. The van der Waals surface area contributed by atoms with Crippen LogP contribution in [0.25, 0.3) is 0 Å². The average molecular weight is 1790 g/mol. The first-order chi connectivity index (χ1) is 60.1. The van der Waals surface area contributed by atoms with Crippen molar-refractivity contribution in [3.63, 3.8) is 0 Å². The normalized spacial score (nSPS) is 18.1. The first-order valence-corrected chi connectivity index (χ1v) is 47.3. The van der Waals surface area contributed by atoms with Gasteiger partial charge in [0.15, 0.2) is 0 Å². The molecule has 11 N–H and O–H groups in total. The average Bonchev–Trinajstić information content (AvgIpc) is 1.33. The van der Waals surface area contributed by atoms with Gasteiger partial charge in [0.1, 0.15) is 58.4 Å². The van der Waals surface area contributed by atoms with Gasteiger partial charge in [0, 0.05) is 178 Å². The van der Waals surface area contributed by atoms with Crippen molar-refractivity contribution < 1.29 is 43.8 Å². The summed E-state index contributed by atoms with van der Waals surface area (Å²) in [5.74, 6) is 6.42. The molecule has 0 atom stereocenters. The Morgan fingerprint density at radius 1 is 0.397 bits per heavy atom. The molecule has 0 saturated carbocycles. The SMILES string of the molecule is CCCCC1(CO)CCN(c2cc(C(F)(F)F)ncn2)CC1.CCCCC1(CO)CCN(c2cc(C)nc(N)n2)CC1.CCCCC1(CO)CCN(c2nc(N(C)C)nc(C)c2C)CC1.CCCCC1(CO)CCN(c2nc(N)nc(C)c2C)CC1.CCCCC1(CO)CCN(c2nc[nH]c(=O)c2C)CC1.CCCCC1(CO)CCN(c2ncnc(Cl)c2C)CC1. The summed E-state index contributed by atoms with van der Waals surface area (Å²) in [6.45, 7) is 39.1. The molecule has 0 amide bonds. The molecule has 6 aliphatic heterocycles. The van der Waals surface area contributed by atoms with E-state index >= 15 is 0 Å². The molecule has 6 aromatic rings. The number of nitrogens with one attached hydrogen (secondary N) is 1. The van der Waals surface area contributed by atoms with Crippen molar-refractivity contribution in [3.8, 4) is 0 Å². The van der Waals surface area contributed by atoms with Crippen LogP contribution in [0, 0.1) is 81.0 Å². The second-order valence-corrected chi connectivity index (χ2v) is 37.7. The van der Waals surface area contributed by atoms with Crippen molar-refractivity contribution in [2.75, 3.05) is 178 Å². The molecule has 126 heavy (non-hydrogen) atoms. The number of nitrogens with zero attached hydrogens (tertiary/aromatic N) is 18. The number of piperidine rings is 6. The van der Waals surface area contributed by atoms with Gasteiger partial charge in [-0.05, 0) is 197 Å². The van der Waals surface area contributed by atoms with Crippen LogP contribution >= 0.6 is 11.6 Å². The molecule has 6 fully saturated rings. The number of halogens is 4. The van der Waals surface area contributed by atoms with Gasteiger partial charge in [-0.25, -0.2) is 39.9 Å². The molecule has 708 valence electrons. The Balaban J connectivity index is 0.000000208. The lowest BCUT2D eigenvalue weighted by atomic mass is 9.75. The number of alkyl halides is 3. The number of rotatable bonds is 31. The van der Waals surface area contributed by atoms with Gasteiger partial charge in [0.05, 0.1) is 11.9 Å². The minimum Gasteiger partial charge on any atom is -0.396 e. The Bertz CT molecular complexity index is 4230. The van der Waals surface area contributed by atoms with Crippen LogP contribution in [0.15, 0.2) is 35.9 Å². The molecule has 32 heteroatoms. The molecule has 12 rings (SSSR count). The number of H-pyrrole nitrogens is 1. The second-order valence-electron chi connectivity index (χ2n) is 37.3. The maximum atomic E-state index is 12.7. The zero-order chi connectivity index (χ0) is 92.5. The number of aryl methyl sites for hydroxylation is 3. The van der Waals surface area contributed by atoms with Crippen LogP contribution in [0.4, 0.5) is 65.9 Å². The van der Waals surface area contributed by atoms with E-state index in [9.17, 15) is 48.6 Å². The van der Waals surface area contributed by atoms with Crippen LogP contribution in [-0.4, -0.2) is 223 Å². The summed E-state index contributed by atoms with van der Waals surface area (Å²) >= 11 is 6.07. The predicted octanol–water partition coefficient (Wildman–Crippen LogP) is 15.8. The van der Waals surface area contributed by atoms with Gasteiger partial charge in [0.2, 0.25) is 17.8 Å². The number of unbranched alkanes of at least 4 members (excludes halogenated alkanes) is 6. The summed E-state index contributed by atoms with van der Waals surface area (Å²) < 4.78 is 38.1. The van der Waals surface area contributed by atoms with Gasteiger partial charge in [0.25, 0.3) is 5.56 Å². The number of nitrogens with two attached hydrogens (primary N) is 2. The van der Waals surface area contributed by atoms with E-state index in [2.05, 4.69) is 142 Å². The lowest BCUT2D eigenvalue weighted by Crippen LogP contribution is -2.43. The maximum Gasteiger partial charge on any atom is 0.433 e. The highest BCUT2D eigenvalue weighted by Gasteiger charge is 2.41. The van der Waals surface area contributed by atoms with E-state index in [-0.39, 0.29) is 51.3 Å². The van der Waals surface area contributed by atoms with Crippen molar-refractivity contribution in [1.29, 1.82) is 0 Å². The smallest absolute Gasteiger partial charge is 0.396 e. The van der Waals surface area contributed by atoms with Gasteiger partial charge < -0.3 is 81.4 Å². The molecular weight excluding hydrogens is 1630 g/mol. The number of aromatic amines is 1. The summed E-state index contributed by atoms with van der Waals surface area (Å²) in [6, 6.07) is 2.98. The molecule has 6 aromatic heterocycles. The fourth-order valence-electron chi connectivity index (χ4n) is 18.4. The van der Waals surface area contributed by atoms with Crippen molar-refractivity contribution in [2.24, 2.45) is 32.5 Å². The number of aromatic nitrogens is 12. The molecule has 0 spiro atoms. The van der Waals surface area contributed by atoms with Crippen LogP contribution in [0.1, 0.15) is 279 Å². The zero-order valence-corrected chi connectivity index (χ0v) is 79.9. The molecule has 6 saturated heterocycles. The fraction of sp³-hybridized carbons (Fsp3) is 0.745. The van der Waals surface area contributed by atoms with E-state index in [4.69, 9.17) is 28.1 Å². The van der Waals surface area contributed by atoms with Crippen LogP contribution in [-0.2, 0) is 6.18 Å². The third-order valence-electron chi connectivity index (χ3n) is 28.2. The quantitative estimate of drug-likeness (QED) is 0.0183. The summed E-state index contributed by atoms with van der Waals surface area (Å²) in [4.78, 5) is 75.7. The van der Waals surface area contributed by atoms with E-state index in [1.165, 1.54) is 82.4 Å². The topological polar surface area (TPSA) is 371 Å². The Kier molecular flexibility index (Phi) is 42.2. The summed E-state index contributed by atoms with van der Waals surface area (Å²) in [5.41, 5.74) is 17.7. The Labute approximate surface area is 755 Å². The molecule has 0 aromatic carbocycles. The van der Waals surface area contributed by atoms with E-state index in [1.807, 2.05) is 57.7 Å². The largest absolute Gasteiger partial charge is 0.433 e. The second kappa shape index (κ2) is 50.5. The van der Waals surface area contributed by atoms with Crippen molar-refractivity contribution in [1.82, 2.24) is 59.8 Å². The van der Waals surface area contributed by atoms with E-state index < -0.39 is 11.9 Å². The first kappa shape index (κ1) is 105. The summed E-state index contributed by atoms with van der Waals surface area (Å²) in [7, 11) is 3.96. The number of aliphatic hydroxyl groups is 6. The Morgan fingerprint density at radius 3 is 1.07 bits per heavy atom. The van der Waals surface area contributed by atoms with Gasteiger partial charge in [-0.3, -0.25) is 4.79 Å². The van der Waals surface area contributed by atoms with Crippen LogP contribution in [0.2, 0.25) is 5.15 Å². The van der Waals surface area contributed by atoms with E-state index in [0.717, 1.165) is 270 Å². The van der Waals surface area contributed by atoms with Gasteiger partial charge in [-0.2, -0.15) is 28.1 Å². The Morgan fingerprint density at radius 2 is 0.722 bits per heavy atom. The number of nitrogen functional groups attached to an aromatic ring is 2. The van der Waals surface area contributed by atoms with Gasteiger partial charge in [-0.1, -0.05) is 130 Å². The number of aliphatic hydroxyl groups excluding tert-OH is 6. The Hall–Kier alpha value is -7.68. The van der Waals surface area contributed by atoms with E-state index in [0.29, 0.717) is 67.9 Å². The summed E-state index contributed by atoms with van der Waals surface area (Å²) in [5, 5.41) is 59.1. The maximum absolute atomic E-state index is 12.7. The number of hydrogen-bond acceptors (Lipinski definition) is 27. The monoisotopic (exact) mass is 1780 g/mol. The predicted molar refractivity (Wildman–Crippen MR) is 504 cm³/mol. The first-order valence-electron chi connectivity index (χ1n) is 47.0. The third-order valence-corrected chi connectivity index (χ3v) is 28.5. The zero-order valence-electron chi connectivity index (χ0n) is 79.1. The molecule has 0 radical (unpaired) electrons. The van der Waals surface area contributed by atoms with E-state index in [1.54, 1.807) is 0 Å². The molecule has 0 bridgehead atoms. The standard InChI is InChI=1S/C18H32N4O.C16H28N4O.C15H24ClN3O.C15H22F3N3O.C15H26N4O.C15H25N3O2/c1-6-7-8-18(13-23)9-11-22(12-10-18)16-14(2)15(3)19-17(20-16)21(4)5;1-4-5-6-16(11-21)7-9-20(10-8-16)14-12(2)13(3)18-15(17)19-14;1-3-4-5-15(10-20)6-8-19(9-7-15)14-12(2)13(16)17-11-18-14;1-2-3-4-14(10-22)5-7-21(8-6-14)13-9-12(15(16,17)18)19-11-20-13;1-3-4-5-15(11-20)6-8-19(9-7-15)13-10-12(2)17-14(16)18-13;1-3-4-5-15(10-19)6-8-18(9-7-15)13-12(2)14(20)17-11-16-13/h23H,6-13H2,1-5H3;21H,4-11H2,1-3H3,(H2,17,18,19);11,20H,3-10H2,1-2H3;9,11,22H,2-8,10H2,1H3;10,20H,3-9,11H2,1-2H3,(H2,16,17,18);11,19H,3-10H2,1-2H3,(H,16,17,20). The molecule has 28 nitrogen and oxygen atoms in total. The highest BCUT2D eigenvalue weighted by atomic mass is 35.5. The van der Waals surface area contributed by atoms with Crippen molar-refractivity contribution >= 4 is 64.4 Å². The summed E-state index contributed by atoms with van der Waals surface area (Å²) in [6.07, 6.45) is 31.8. The lowest BCUT2D eigenvalue weighted by Gasteiger charge is -2.42. The van der Waals surface area contributed by atoms with Gasteiger partial charge >= 0.3 is 6.18 Å². The van der Waals surface area contributed by atoms with Crippen molar-refractivity contribution in [3.05, 3.63) is 91.7 Å². The van der Waals surface area contributed by atoms with Crippen molar-refractivity contribution in [2.45, 2.75) is 289 Å². The number of hydrogen-bond donors (Lipinski definition) is 9. The minimum absolute atomic E-state index is 0.0695. The molecule has 6 aliphatic rings. The fourth-order valence-corrected chi connectivity index (χ4v) is 18.5. The van der Waals surface area contributed by atoms with Gasteiger partial charge in [-0.15, -0.1) is 0 Å². The molecular formula is C94H157ClF3N21O7.